The van der Waals surface area contributed by atoms with Crippen LogP contribution in [0.5, 0.6) is 11.5 Å². The second kappa shape index (κ2) is 18.0. The molecule has 2 N–H and O–H groups in total. The van der Waals surface area contributed by atoms with Crippen molar-refractivity contribution in [3.63, 3.8) is 0 Å². The predicted octanol–water partition coefficient (Wildman–Crippen LogP) is 8.15. The van der Waals surface area contributed by atoms with E-state index in [2.05, 4.69) is 49.0 Å². The van der Waals surface area contributed by atoms with Crippen LogP contribution in [0.1, 0.15) is 61.0 Å². The Balaban J connectivity index is 0.000000211. The molecule has 0 amide bonds. The SMILES string of the molecule is CCc1cccc(C)c1-n1cc(C(=O)c2cc(Br)ccc2OCC(=O)O)cn1.Cc1cccc(C)c1-n1cc(C(=O)c2cc(Br)ccc2OCC(=O)O)cn1. The van der Waals surface area contributed by atoms with E-state index in [-0.39, 0.29) is 34.2 Å². The molecule has 0 fully saturated rings. The van der Waals surface area contributed by atoms with Crippen LogP contribution in [0.3, 0.4) is 0 Å². The van der Waals surface area contributed by atoms with E-state index in [4.69, 9.17) is 19.7 Å². The standard InChI is InChI=1S/C21H19BrN2O4.C20H17BrN2O4/c1-3-14-6-4-5-13(2)20(14)24-11-15(10-23-24)21(27)17-9-16(22)7-8-18(17)28-12-19(25)26;1-12-4-3-5-13(2)19(12)23-10-14(9-22-23)20(26)16-8-15(21)6-7-17(16)27-11-18(24)25/h4-11H,3,12H2,1-2H3,(H,25,26);3-10H,11H2,1-2H3,(H,24,25). The van der Waals surface area contributed by atoms with Crippen LogP contribution in [0.15, 0.2) is 107 Å². The second-order valence-corrected chi connectivity index (χ2v) is 14.2. The number of carbonyl (C=O) groups is 4. The Morgan fingerprint density at radius 3 is 1.49 bits per heavy atom. The lowest BCUT2D eigenvalue weighted by atomic mass is 10.0. The first-order valence-electron chi connectivity index (χ1n) is 16.9. The number of benzene rings is 4. The summed E-state index contributed by atoms with van der Waals surface area (Å²) in [7, 11) is 0. The first-order valence-corrected chi connectivity index (χ1v) is 18.5. The molecule has 0 saturated carbocycles. The van der Waals surface area contributed by atoms with Crippen LogP contribution in [0.2, 0.25) is 0 Å². The van der Waals surface area contributed by atoms with Gasteiger partial charge in [-0.2, -0.15) is 10.2 Å². The Bertz CT molecular complexity index is 2380. The molecular weight excluding hydrogens is 836 g/mol. The summed E-state index contributed by atoms with van der Waals surface area (Å²) in [4.78, 5) is 47.6. The molecule has 2 heterocycles. The van der Waals surface area contributed by atoms with E-state index in [0.29, 0.717) is 20.1 Å². The third-order valence-electron chi connectivity index (χ3n) is 8.36. The molecule has 6 rings (SSSR count). The molecule has 0 saturated heterocycles. The van der Waals surface area contributed by atoms with Gasteiger partial charge < -0.3 is 19.7 Å². The smallest absolute Gasteiger partial charge is 0.341 e. The second-order valence-electron chi connectivity index (χ2n) is 12.3. The highest BCUT2D eigenvalue weighted by Gasteiger charge is 2.21. The zero-order valence-corrected chi connectivity index (χ0v) is 33.4. The fraction of sp³-hybridized carbons (Fsp3) is 0.171. The van der Waals surface area contributed by atoms with E-state index in [1.165, 1.54) is 12.4 Å². The molecule has 282 valence electrons. The summed E-state index contributed by atoms with van der Waals surface area (Å²) in [5.74, 6) is -2.38. The molecule has 0 bridgehead atoms. The number of para-hydroxylation sites is 2. The van der Waals surface area contributed by atoms with Crippen LogP contribution in [-0.2, 0) is 16.0 Å². The zero-order valence-electron chi connectivity index (χ0n) is 30.2. The van der Waals surface area contributed by atoms with Crippen LogP contribution in [0, 0.1) is 20.8 Å². The molecule has 0 radical (unpaired) electrons. The first-order chi connectivity index (χ1) is 26.3. The van der Waals surface area contributed by atoms with Gasteiger partial charge in [0, 0.05) is 21.3 Å². The number of rotatable bonds is 13. The van der Waals surface area contributed by atoms with Gasteiger partial charge >= 0.3 is 11.9 Å². The Hall–Kier alpha value is -5.86. The van der Waals surface area contributed by atoms with Crippen molar-refractivity contribution < 1.29 is 38.9 Å². The van der Waals surface area contributed by atoms with E-state index in [1.54, 1.807) is 58.2 Å². The minimum absolute atomic E-state index is 0.213. The summed E-state index contributed by atoms with van der Waals surface area (Å²) in [6, 6.07) is 21.7. The number of carboxylic acids is 2. The molecule has 0 atom stereocenters. The van der Waals surface area contributed by atoms with Crippen LogP contribution < -0.4 is 9.47 Å². The van der Waals surface area contributed by atoms with Gasteiger partial charge in [0.05, 0.1) is 46.0 Å². The fourth-order valence-corrected chi connectivity index (χ4v) is 6.55. The summed E-state index contributed by atoms with van der Waals surface area (Å²) in [5, 5.41) is 26.4. The van der Waals surface area contributed by atoms with E-state index in [9.17, 15) is 19.2 Å². The number of halogens is 2. The summed E-state index contributed by atoms with van der Waals surface area (Å²) < 4.78 is 15.3. The van der Waals surface area contributed by atoms with E-state index < -0.39 is 25.2 Å². The van der Waals surface area contributed by atoms with Gasteiger partial charge in [0.25, 0.3) is 0 Å². The number of ether oxygens (including phenoxy) is 2. The Labute approximate surface area is 333 Å². The number of nitrogens with zero attached hydrogens (tertiary/aromatic N) is 4. The average Bonchev–Trinajstić information content (AvgIpc) is 3.84. The van der Waals surface area contributed by atoms with Crippen molar-refractivity contribution in [2.24, 2.45) is 0 Å². The minimum Gasteiger partial charge on any atom is -0.481 e. The molecule has 0 unspecified atom stereocenters. The van der Waals surface area contributed by atoms with Crippen molar-refractivity contribution >= 4 is 55.4 Å². The molecule has 6 aromatic rings. The number of carbonyl (C=O) groups excluding carboxylic acids is 2. The Kier molecular flexibility index (Phi) is 13.2. The van der Waals surface area contributed by atoms with Gasteiger partial charge in [-0.15, -0.1) is 0 Å². The highest BCUT2D eigenvalue weighted by molar-refractivity contribution is 9.10. The van der Waals surface area contributed by atoms with E-state index in [0.717, 1.165) is 40.0 Å². The van der Waals surface area contributed by atoms with Crippen molar-refractivity contribution in [2.75, 3.05) is 13.2 Å². The monoisotopic (exact) mass is 870 g/mol. The third-order valence-corrected chi connectivity index (χ3v) is 9.35. The Morgan fingerprint density at radius 2 is 1.05 bits per heavy atom. The summed E-state index contributed by atoms with van der Waals surface area (Å²) in [6.07, 6.45) is 7.20. The number of aryl methyl sites for hydroxylation is 4. The maximum Gasteiger partial charge on any atom is 0.341 e. The van der Waals surface area contributed by atoms with Crippen molar-refractivity contribution in [1.82, 2.24) is 19.6 Å². The molecule has 0 aliphatic rings. The van der Waals surface area contributed by atoms with Crippen LogP contribution in [0.4, 0.5) is 0 Å². The fourth-order valence-electron chi connectivity index (χ4n) is 5.83. The molecule has 0 spiro atoms. The molecule has 55 heavy (non-hydrogen) atoms. The van der Waals surface area contributed by atoms with Gasteiger partial charge in [-0.25, -0.2) is 19.0 Å². The lowest BCUT2D eigenvalue weighted by Crippen LogP contribution is -2.12. The molecule has 0 aliphatic heterocycles. The van der Waals surface area contributed by atoms with E-state index >= 15 is 0 Å². The number of carboxylic acid groups (broad SMARTS) is 2. The zero-order chi connectivity index (χ0) is 39.8. The number of aliphatic carboxylic acids is 2. The number of ketones is 2. The highest BCUT2D eigenvalue weighted by Crippen LogP contribution is 2.29. The van der Waals surface area contributed by atoms with Crippen molar-refractivity contribution in [2.45, 2.75) is 34.1 Å². The third kappa shape index (κ3) is 9.82. The van der Waals surface area contributed by atoms with Crippen LogP contribution in [0.25, 0.3) is 11.4 Å². The normalized spacial score (nSPS) is 10.7. The minimum atomic E-state index is -1.11. The van der Waals surface area contributed by atoms with Gasteiger partial charge in [0.15, 0.2) is 24.8 Å². The van der Waals surface area contributed by atoms with E-state index in [1.807, 2.05) is 57.2 Å². The first kappa shape index (κ1) is 40.3. The molecular formula is C41H36Br2N4O8. The molecule has 12 nitrogen and oxygen atoms in total. The van der Waals surface area contributed by atoms with Gasteiger partial charge in [0.1, 0.15) is 11.5 Å². The lowest BCUT2D eigenvalue weighted by molar-refractivity contribution is -0.140. The summed E-state index contributed by atoms with van der Waals surface area (Å²) in [5.41, 5.74) is 7.50. The molecule has 4 aromatic carbocycles. The average molecular weight is 873 g/mol. The topological polar surface area (TPSA) is 163 Å². The van der Waals surface area contributed by atoms with Crippen molar-refractivity contribution in [1.29, 1.82) is 0 Å². The highest BCUT2D eigenvalue weighted by atomic mass is 79.9. The van der Waals surface area contributed by atoms with Crippen LogP contribution in [-0.4, -0.2) is 66.5 Å². The van der Waals surface area contributed by atoms with Gasteiger partial charge in [-0.1, -0.05) is 75.2 Å². The van der Waals surface area contributed by atoms with Crippen LogP contribution >= 0.6 is 31.9 Å². The van der Waals surface area contributed by atoms with Crippen molar-refractivity contribution in [3.05, 3.63) is 151 Å². The van der Waals surface area contributed by atoms with Gasteiger partial charge in [0.2, 0.25) is 0 Å². The lowest BCUT2D eigenvalue weighted by Gasteiger charge is -2.11. The number of hydrogen-bond acceptors (Lipinski definition) is 8. The maximum atomic E-state index is 13.0. The number of hydrogen-bond donors (Lipinski definition) is 2. The van der Waals surface area contributed by atoms with Gasteiger partial charge in [-0.05, 0) is 85.8 Å². The quantitative estimate of drug-likeness (QED) is 0.108. The van der Waals surface area contributed by atoms with Gasteiger partial charge in [-0.3, -0.25) is 9.59 Å². The summed E-state index contributed by atoms with van der Waals surface area (Å²) in [6.45, 7) is 6.99. The largest absolute Gasteiger partial charge is 0.481 e. The number of aromatic nitrogens is 4. The van der Waals surface area contributed by atoms with Crippen molar-refractivity contribution in [3.8, 4) is 22.9 Å². The maximum absolute atomic E-state index is 13.0. The Morgan fingerprint density at radius 1 is 0.636 bits per heavy atom. The predicted molar refractivity (Wildman–Crippen MR) is 212 cm³/mol. The molecule has 2 aromatic heterocycles. The molecule has 14 heteroatoms. The summed E-state index contributed by atoms with van der Waals surface area (Å²) >= 11 is 6.68. The molecule has 0 aliphatic carbocycles.